The van der Waals surface area contributed by atoms with Gasteiger partial charge in [0.05, 0.1) is 12.7 Å². The minimum atomic E-state index is -0.617. The summed E-state index contributed by atoms with van der Waals surface area (Å²) < 4.78 is 0. The van der Waals surface area contributed by atoms with Gasteiger partial charge in [-0.1, -0.05) is 0 Å². The monoisotopic (exact) mass is 205 g/mol. The quantitative estimate of drug-likeness (QED) is 0.361. The zero-order chi connectivity index (χ0) is 10.8. The van der Waals surface area contributed by atoms with Crippen LogP contribution in [0.5, 0.6) is 0 Å². The summed E-state index contributed by atoms with van der Waals surface area (Å²) in [5, 5.41) is 17.8. The molecule has 1 atom stereocenters. The molecule has 0 aromatic rings. The summed E-state index contributed by atoms with van der Waals surface area (Å²) in [6, 6.07) is 0. The van der Waals surface area contributed by atoms with Crippen molar-refractivity contribution in [2.75, 3.05) is 39.3 Å². The Labute approximate surface area is 85.7 Å². The summed E-state index contributed by atoms with van der Waals surface area (Å²) in [7, 11) is 0. The van der Waals surface area contributed by atoms with Gasteiger partial charge in [-0.2, -0.15) is 0 Å². The maximum atomic E-state index is 9.17. The van der Waals surface area contributed by atoms with Crippen molar-refractivity contribution >= 4 is 0 Å². The van der Waals surface area contributed by atoms with Gasteiger partial charge in [0.25, 0.3) is 0 Å². The summed E-state index contributed by atoms with van der Waals surface area (Å²) in [6.45, 7) is 3.60. The first-order chi connectivity index (χ1) is 6.74. The highest BCUT2D eigenvalue weighted by Gasteiger charge is 2.07. The molecular weight excluding hydrogens is 182 g/mol. The van der Waals surface area contributed by atoms with Crippen molar-refractivity contribution in [1.82, 2.24) is 4.90 Å². The van der Waals surface area contributed by atoms with Crippen LogP contribution in [-0.2, 0) is 0 Å². The van der Waals surface area contributed by atoms with E-state index in [0.29, 0.717) is 19.5 Å². The fourth-order valence-electron chi connectivity index (χ4n) is 1.26. The van der Waals surface area contributed by atoms with Crippen molar-refractivity contribution in [3.8, 4) is 0 Å². The van der Waals surface area contributed by atoms with Crippen LogP contribution in [0.25, 0.3) is 0 Å². The fraction of sp³-hybridized carbons (Fsp3) is 1.00. The van der Waals surface area contributed by atoms with Gasteiger partial charge in [-0.25, -0.2) is 0 Å². The number of hydrogen-bond donors (Lipinski definition) is 4. The molecular formula is C9H23N3O2. The van der Waals surface area contributed by atoms with E-state index in [0.717, 1.165) is 26.1 Å². The van der Waals surface area contributed by atoms with Gasteiger partial charge in [-0.05, 0) is 25.9 Å². The Hall–Kier alpha value is -0.200. The van der Waals surface area contributed by atoms with Crippen molar-refractivity contribution in [2.45, 2.75) is 18.9 Å². The Kier molecular flexibility index (Phi) is 9.23. The Morgan fingerprint density at radius 2 is 1.79 bits per heavy atom. The normalized spacial score (nSPS) is 13.5. The van der Waals surface area contributed by atoms with Gasteiger partial charge in [0, 0.05) is 19.6 Å². The van der Waals surface area contributed by atoms with Crippen LogP contribution in [0, 0.1) is 0 Å². The lowest BCUT2D eigenvalue weighted by molar-refractivity contribution is 0.0774. The van der Waals surface area contributed by atoms with Crippen LogP contribution in [0.3, 0.4) is 0 Å². The zero-order valence-electron chi connectivity index (χ0n) is 8.73. The summed E-state index contributed by atoms with van der Waals surface area (Å²) in [4.78, 5) is 2.16. The number of rotatable bonds is 9. The van der Waals surface area contributed by atoms with E-state index < -0.39 is 6.10 Å². The van der Waals surface area contributed by atoms with E-state index in [2.05, 4.69) is 4.90 Å². The number of hydrogen-bond acceptors (Lipinski definition) is 5. The molecule has 0 radical (unpaired) electrons. The molecule has 0 amide bonds. The minimum Gasteiger partial charge on any atom is -0.394 e. The van der Waals surface area contributed by atoms with E-state index in [1.807, 2.05) is 0 Å². The van der Waals surface area contributed by atoms with Crippen molar-refractivity contribution in [3.05, 3.63) is 0 Å². The van der Waals surface area contributed by atoms with E-state index in [-0.39, 0.29) is 6.61 Å². The fourth-order valence-corrected chi connectivity index (χ4v) is 1.26. The van der Waals surface area contributed by atoms with Crippen LogP contribution in [0.2, 0.25) is 0 Å². The third-order valence-electron chi connectivity index (χ3n) is 2.11. The molecule has 0 saturated carbocycles. The highest BCUT2D eigenvalue weighted by Crippen LogP contribution is 1.96. The van der Waals surface area contributed by atoms with Crippen molar-refractivity contribution in [2.24, 2.45) is 11.5 Å². The number of aliphatic hydroxyl groups excluding tert-OH is 2. The predicted octanol–water partition coefficient (Wildman–Crippen LogP) is -1.66. The molecule has 0 aromatic carbocycles. The maximum Gasteiger partial charge on any atom is 0.0783 e. The van der Waals surface area contributed by atoms with E-state index >= 15 is 0 Å². The lowest BCUT2D eigenvalue weighted by Gasteiger charge is -2.22. The third-order valence-corrected chi connectivity index (χ3v) is 2.11. The first kappa shape index (κ1) is 13.8. The predicted molar refractivity (Wildman–Crippen MR) is 56.9 cm³/mol. The van der Waals surface area contributed by atoms with Crippen molar-refractivity contribution in [1.29, 1.82) is 0 Å². The lowest BCUT2D eigenvalue weighted by Crippen LogP contribution is -2.34. The first-order valence-corrected chi connectivity index (χ1v) is 5.16. The van der Waals surface area contributed by atoms with Crippen molar-refractivity contribution in [3.63, 3.8) is 0 Å². The second-order valence-corrected chi connectivity index (χ2v) is 3.40. The Morgan fingerprint density at radius 3 is 2.29 bits per heavy atom. The second-order valence-electron chi connectivity index (χ2n) is 3.40. The molecule has 14 heavy (non-hydrogen) atoms. The molecule has 0 aliphatic carbocycles. The van der Waals surface area contributed by atoms with Gasteiger partial charge in [-0.3, -0.25) is 0 Å². The third kappa shape index (κ3) is 7.23. The molecule has 0 aliphatic rings. The SMILES string of the molecule is NCCCN(CCN)CCC(O)CO. The number of aliphatic hydroxyl groups is 2. The van der Waals surface area contributed by atoms with Gasteiger partial charge >= 0.3 is 0 Å². The van der Waals surface area contributed by atoms with Gasteiger partial charge in [0.1, 0.15) is 0 Å². The Morgan fingerprint density at radius 1 is 1.07 bits per heavy atom. The molecule has 0 fully saturated rings. The smallest absolute Gasteiger partial charge is 0.0783 e. The highest BCUT2D eigenvalue weighted by molar-refractivity contribution is 4.62. The second kappa shape index (κ2) is 9.36. The Balaban J connectivity index is 3.60. The maximum absolute atomic E-state index is 9.17. The molecule has 0 saturated heterocycles. The van der Waals surface area contributed by atoms with Crippen LogP contribution in [0.1, 0.15) is 12.8 Å². The molecule has 0 aromatic heterocycles. The van der Waals surface area contributed by atoms with E-state index in [4.69, 9.17) is 21.7 Å². The topological polar surface area (TPSA) is 95.7 Å². The van der Waals surface area contributed by atoms with Crippen LogP contribution >= 0.6 is 0 Å². The molecule has 5 nitrogen and oxygen atoms in total. The molecule has 0 aliphatic heterocycles. The molecule has 86 valence electrons. The molecule has 1 unspecified atom stereocenters. The molecule has 5 heteroatoms. The number of nitrogens with zero attached hydrogens (tertiary/aromatic N) is 1. The lowest BCUT2D eigenvalue weighted by atomic mass is 10.2. The van der Waals surface area contributed by atoms with Crippen LogP contribution < -0.4 is 11.5 Å². The largest absolute Gasteiger partial charge is 0.394 e. The molecule has 0 rings (SSSR count). The molecule has 0 spiro atoms. The summed E-state index contributed by atoms with van der Waals surface area (Å²) in [6.07, 6.45) is 0.907. The highest BCUT2D eigenvalue weighted by atomic mass is 16.3. The zero-order valence-corrected chi connectivity index (χ0v) is 8.73. The van der Waals surface area contributed by atoms with E-state index in [1.54, 1.807) is 0 Å². The Bertz CT molecular complexity index is 125. The summed E-state index contributed by atoms with van der Waals surface area (Å²) in [5.74, 6) is 0. The van der Waals surface area contributed by atoms with Gasteiger partial charge in [0.15, 0.2) is 0 Å². The van der Waals surface area contributed by atoms with Crippen LogP contribution in [0.15, 0.2) is 0 Å². The molecule has 0 heterocycles. The minimum absolute atomic E-state index is 0.173. The van der Waals surface area contributed by atoms with Gasteiger partial charge < -0.3 is 26.6 Å². The van der Waals surface area contributed by atoms with E-state index in [9.17, 15) is 0 Å². The van der Waals surface area contributed by atoms with Crippen LogP contribution in [0.4, 0.5) is 0 Å². The van der Waals surface area contributed by atoms with Gasteiger partial charge in [-0.15, -0.1) is 0 Å². The average molecular weight is 205 g/mol. The number of nitrogens with two attached hydrogens (primary N) is 2. The average Bonchev–Trinajstić information content (AvgIpc) is 2.21. The first-order valence-electron chi connectivity index (χ1n) is 5.16. The van der Waals surface area contributed by atoms with Crippen LogP contribution in [-0.4, -0.2) is 60.5 Å². The van der Waals surface area contributed by atoms with Crippen molar-refractivity contribution < 1.29 is 10.2 Å². The molecule has 6 N–H and O–H groups in total. The molecule has 0 bridgehead atoms. The van der Waals surface area contributed by atoms with Gasteiger partial charge in [0.2, 0.25) is 0 Å². The summed E-state index contributed by atoms with van der Waals surface area (Å²) in [5.41, 5.74) is 10.9. The standard InChI is InChI=1S/C9H23N3O2/c10-3-1-5-12(7-4-11)6-2-9(14)8-13/h9,13-14H,1-8,10-11H2. The summed E-state index contributed by atoms with van der Waals surface area (Å²) >= 11 is 0. The van der Waals surface area contributed by atoms with E-state index in [1.165, 1.54) is 0 Å².